The van der Waals surface area contributed by atoms with Gasteiger partial charge in [0.15, 0.2) is 6.04 Å². The number of carbonyl (C=O) groups excluding carboxylic acids is 2. The van der Waals surface area contributed by atoms with Gasteiger partial charge in [-0.05, 0) is 77.1 Å². The first kappa shape index (κ1) is 24.9. The number of benzene rings is 1. The van der Waals surface area contributed by atoms with Gasteiger partial charge in [0, 0.05) is 11.6 Å². The van der Waals surface area contributed by atoms with E-state index in [1.54, 1.807) is 26.8 Å². The molecule has 0 radical (unpaired) electrons. The summed E-state index contributed by atoms with van der Waals surface area (Å²) in [7, 11) is 1.17. The number of halogens is 1. The van der Waals surface area contributed by atoms with Crippen LogP contribution in [0.25, 0.3) is 0 Å². The number of rotatable bonds is 8. The van der Waals surface area contributed by atoms with Crippen molar-refractivity contribution in [1.29, 1.82) is 0 Å². The molecule has 1 aromatic carbocycles. The summed E-state index contributed by atoms with van der Waals surface area (Å²) in [6, 6.07) is 2.89. The molecule has 0 spiro atoms. The Labute approximate surface area is 184 Å². The van der Waals surface area contributed by atoms with E-state index >= 15 is 0 Å². The van der Waals surface area contributed by atoms with Crippen molar-refractivity contribution in [2.75, 3.05) is 26.8 Å². The highest BCUT2D eigenvalue weighted by Gasteiger charge is 2.29. The lowest BCUT2D eigenvalue weighted by Crippen LogP contribution is -2.38. The number of hydrogen-bond donors (Lipinski definition) is 2. The van der Waals surface area contributed by atoms with Crippen molar-refractivity contribution in [3.63, 3.8) is 0 Å². The molecule has 2 rings (SSSR count). The van der Waals surface area contributed by atoms with Crippen molar-refractivity contribution in [1.82, 2.24) is 10.6 Å². The van der Waals surface area contributed by atoms with Gasteiger partial charge in [-0.2, -0.15) is 0 Å². The van der Waals surface area contributed by atoms with E-state index in [1.165, 1.54) is 32.1 Å². The minimum absolute atomic E-state index is 0.0202. The molecule has 1 amide bonds. The Kier molecular flexibility index (Phi) is 9.10. The maximum atomic E-state index is 14.8. The Hall–Kier alpha value is -2.35. The lowest BCUT2D eigenvalue weighted by atomic mass is 9.84. The van der Waals surface area contributed by atoms with Crippen LogP contribution in [-0.2, 0) is 14.3 Å². The molecule has 1 aliphatic rings. The van der Waals surface area contributed by atoms with Crippen molar-refractivity contribution in [2.45, 2.75) is 58.6 Å². The molecule has 0 bridgehead atoms. The second kappa shape index (κ2) is 11.3. The normalized spacial score (nSPS) is 16.8. The largest absolute Gasteiger partial charge is 0.493 e. The van der Waals surface area contributed by atoms with Crippen LogP contribution in [0, 0.1) is 17.7 Å². The van der Waals surface area contributed by atoms with Crippen LogP contribution in [0.15, 0.2) is 18.2 Å². The second-order valence-corrected chi connectivity index (χ2v) is 8.99. The molecule has 7 nitrogen and oxygen atoms in total. The zero-order valence-electron chi connectivity index (χ0n) is 19.1. The van der Waals surface area contributed by atoms with E-state index < -0.39 is 29.5 Å². The summed E-state index contributed by atoms with van der Waals surface area (Å²) in [5.41, 5.74) is -0.778. The first-order valence-corrected chi connectivity index (χ1v) is 10.8. The smallest absolute Gasteiger partial charge is 0.408 e. The molecule has 1 heterocycles. The predicted octanol–water partition coefficient (Wildman–Crippen LogP) is 3.97. The monoisotopic (exact) mass is 438 g/mol. The molecular formula is C23H35FN2O5. The summed E-state index contributed by atoms with van der Waals surface area (Å²) in [6.45, 7) is 9.91. The van der Waals surface area contributed by atoms with E-state index in [-0.39, 0.29) is 5.56 Å². The van der Waals surface area contributed by atoms with Crippen LogP contribution in [0.1, 0.15) is 58.6 Å². The summed E-state index contributed by atoms with van der Waals surface area (Å²) in [4.78, 5) is 24.2. The summed E-state index contributed by atoms with van der Waals surface area (Å²) >= 11 is 0. The average Bonchev–Trinajstić information content (AvgIpc) is 2.71. The second-order valence-electron chi connectivity index (χ2n) is 8.99. The Bertz CT molecular complexity index is 744. The molecule has 8 heteroatoms. The quantitative estimate of drug-likeness (QED) is 0.598. The first-order chi connectivity index (χ1) is 14.6. The molecule has 1 aliphatic heterocycles. The number of esters is 1. The molecule has 2 atom stereocenters. The lowest BCUT2D eigenvalue weighted by molar-refractivity contribution is -0.143. The third-order valence-electron chi connectivity index (χ3n) is 5.41. The van der Waals surface area contributed by atoms with Crippen molar-refractivity contribution >= 4 is 12.1 Å². The van der Waals surface area contributed by atoms with Gasteiger partial charge in [0.2, 0.25) is 0 Å². The molecular weight excluding hydrogens is 403 g/mol. The highest BCUT2D eigenvalue weighted by Crippen LogP contribution is 2.26. The van der Waals surface area contributed by atoms with Gasteiger partial charge < -0.3 is 24.8 Å². The van der Waals surface area contributed by atoms with E-state index in [4.69, 9.17) is 14.2 Å². The number of methoxy groups -OCH3 is 1. The van der Waals surface area contributed by atoms with Crippen LogP contribution in [0.3, 0.4) is 0 Å². The first-order valence-electron chi connectivity index (χ1n) is 10.8. The van der Waals surface area contributed by atoms with Crippen LogP contribution in [-0.4, -0.2) is 44.5 Å². The topological polar surface area (TPSA) is 85.9 Å². The van der Waals surface area contributed by atoms with E-state index in [9.17, 15) is 14.0 Å². The van der Waals surface area contributed by atoms with Crippen molar-refractivity contribution in [3.8, 4) is 5.75 Å². The van der Waals surface area contributed by atoms with E-state index in [0.29, 0.717) is 24.2 Å². The van der Waals surface area contributed by atoms with E-state index in [0.717, 1.165) is 19.5 Å². The standard InChI is InChI=1S/C23H35FN2O5/c1-15(16-8-11-25-12-9-16)10-13-30-17-6-7-18(19(24)14-17)20(21(27)29-5)26-22(28)31-23(2,3)4/h6-7,14-16,20,25H,8-13H2,1-5H3,(H,26,28)/t15-,20+/m1/s1. The third kappa shape index (κ3) is 8.01. The third-order valence-corrected chi connectivity index (χ3v) is 5.41. The number of ether oxygens (including phenoxy) is 3. The van der Waals surface area contributed by atoms with Crippen LogP contribution in [0.4, 0.5) is 9.18 Å². The molecule has 0 aromatic heterocycles. The number of carbonyl (C=O) groups is 2. The zero-order chi connectivity index (χ0) is 23.0. The van der Waals surface area contributed by atoms with Crippen LogP contribution >= 0.6 is 0 Å². The van der Waals surface area contributed by atoms with Gasteiger partial charge >= 0.3 is 12.1 Å². The minimum atomic E-state index is -1.33. The molecule has 1 fully saturated rings. The van der Waals surface area contributed by atoms with Gasteiger partial charge in [0.1, 0.15) is 17.2 Å². The average molecular weight is 439 g/mol. The molecule has 0 aliphatic carbocycles. The van der Waals surface area contributed by atoms with Crippen LogP contribution in [0.5, 0.6) is 5.75 Å². The van der Waals surface area contributed by atoms with Gasteiger partial charge in [-0.3, -0.25) is 0 Å². The molecule has 0 saturated carbocycles. The highest BCUT2D eigenvalue weighted by molar-refractivity contribution is 5.82. The highest BCUT2D eigenvalue weighted by atomic mass is 19.1. The van der Waals surface area contributed by atoms with E-state index in [1.807, 2.05) is 0 Å². The number of nitrogens with one attached hydrogen (secondary N) is 2. The Morgan fingerprint density at radius 1 is 1.26 bits per heavy atom. The fourth-order valence-corrected chi connectivity index (χ4v) is 3.65. The molecule has 1 aromatic rings. The maximum Gasteiger partial charge on any atom is 0.408 e. The molecule has 0 unspecified atom stereocenters. The summed E-state index contributed by atoms with van der Waals surface area (Å²) in [5.74, 6) is 0.126. The van der Waals surface area contributed by atoms with Crippen molar-refractivity contribution < 1.29 is 28.2 Å². The van der Waals surface area contributed by atoms with Crippen LogP contribution < -0.4 is 15.4 Å². The van der Waals surface area contributed by atoms with Gasteiger partial charge in [0.25, 0.3) is 0 Å². The zero-order valence-corrected chi connectivity index (χ0v) is 19.1. The number of piperidine rings is 1. The van der Waals surface area contributed by atoms with Gasteiger partial charge in [-0.25, -0.2) is 14.0 Å². The number of amides is 1. The summed E-state index contributed by atoms with van der Waals surface area (Å²) in [6.07, 6.45) is 2.39. The van der Waals surface area contributed by atoms with Gasteiger partial charge in [-0.1, -0.05) is 6.92 Å². The van der Waals surface area contributed by atoms with E-state index in [2.05, 4.69) is 17.6 Å². The van der Waals surface area contributed by atoms with Gasteiger partial charge in [0.05, 0.1) is 13.7 Å². The Morgan fingerprint density at radius 3 is 2.52 bits per heavy atom. The Balaban J connectivity index is 1.99. The fraction of sp³-hybridized carbons (Fsp3) is 0.652. The molecule has 2 N–H and O–H groups in total. The SMILES string of the molecule is COC(=O)[C@@H](NC(=O)OC(C)(C)C)c1ccc(OCC[C@@H](C)C2CCNCC2)cc1F. The van der Waals surface area contributed by atoms with Crippen molar-refractivity contribution in [2.24, 2.45) is 11.8 Å². The molecule has 174 valence electrons. The number of hydrogen-bond acceptors (Lipinski definition) is 6. The van der Waals surface area contributed by atoms with Crippen molar-refractivity contribution in [3.05, 3.63) is 29.6 Å². The maximum absolute atomic E-state index is 14.8. The van der Waals surface area contributed by atoms with Crippen LogP contribution in [0.2, 0.25) is 0 Å². The molecule has 1 saturated heterocycles. The number of alkyl carbamates (subject to hydrolysis) is 1. The summed E-state index contributed by atoms with van der Waals surface area (Å²) < 4.78 is 30.4. The summed E-state index contributed by atoms with van der Waals surface area (Å²) in [5, 5.41) is 5.74. The molecule has 31 heavy (non-hydrogen) atoms. The predicted molar refractivity (Wildman–Crippen MR) is 115 cm³/mol. The lowest BCUT2D eigenvalue weighted by Gasteiger charge is -2.28. The fourth-order valence-electron chi connectivity index (χ4n) is 3.65. The Morgan fingerprint density at radius 2 is 1.94 bits per heavy atom. The van der Waals surface area contributed by atoms with Gasteiger partial charge in [-0.15, -0.1) is 0 Å². The minimum Gasteiger partial charge on any atom is -0.493 e.